The first kappa shape index (κ1) is 17.4. The average Bonchev–Trinajstić information content (AvgIpc) is 3.18. The van der Waals surface area contributed by atoms with Crippen LogP contribution in [0.15, 0.2) is 71.1 Å². The van der Waals surface area contributed by atoms with Crippen LogP contribution in [0, 0.1) is 17.0 Å². The highest BCUT2D eigenvalue weighted by atomic mass is 16.6. The molecular weight excluding hydrogens is 358 g/mol. The lowest BCUT2D eigenvalue weighted by atomic mass is 10.1. The summed E-state index contributed by atoms with van der Waals surface area (Å²) >= 11 is 0. The molecule has 0 saturated heterocycles. The zero-order valence-electron chi connectivity index (χ0n) is 14.9. The molecule has 0 spiro atoms. The minimum absolute atomic E-state index is 0.0431. The summed E-state index contributed by atoms with van der Waals surface area (Å²) in [5, 5.41) is 14.6. The molecule has 0 aliphatic rings. The number of non-ortho nitro benzene ring substituents is 1. The van der Waals surface area contributed by atoms with E-state index in [-0.39, 0.29) is 11.4 Å². The van der Waals surface area contributed by atoms with Crippen LogP contribution < -0.4 is 5.32 Å². The Kier molecular flexibility index (Phi) is 4.33. The second-order valence-electron chi connectivity index (χ2n) is 6.25. The smallest absolute Gasteiger partial charge is 0.291 e. The number of aromatic nitrogens is 1. The van der Waals surface area contributed by atoms with Gasteiger partial charge in [-0.25, -0.2) is 0 Å². The van der Waals surface area contributed by atoms with Gasteiger partial charge in [-0.1, -0.05) is 18.2 Å². The van der Waals surface area contributed by atoms with E-state index in [1.165, 1.54) is 18.2 Å². The van der Waals surface area contributed by atoms with E-state index < -0.39 is 10.8 Å². The first-order valence-electron chi connectivity index (χ1n) is 8.54. The van der Waals surface area contributed by atoms with Crippen molar-refractivity contribution in [1.82, 2.24) is 4.98 Å². The molecule has 0 fully saturated rings. The van der Waals surface area contributed by atoms with Gasteiger partial charge in [-0.3, -0.25) is 19.9 Å². The fraction of sp³-hybridized carbons (Fsp3) is 0.0476. The molecule has 2 aromatic heterocycles. The number of nitrogens with one attached hydrogen (secondary N) is 1. The van der Waals surface area contributed by atoms with E-state index in [2.05, 4.69) is 10.3 Å². The number of nitro groups is 1. The molecule has 0 atom stereocenters. The van der Waals surface area contributed by atoms with Gasteiger partial charge in [0, 0.05) is 28.8 Å². The Hall–Kier alpha value is -4.00. The minimum Gasteiger partial charge on any atom is -0.451 e. The van der Waals surface area contributed by atoms with E-state index in [9.17, 15) is 14.9 Å². The quantitative estimate of drug-likeness (QED) is 0.402. The molecule has 0 aliphatic heterocycles. The van der Waals surface area contributed by atoms with Crippen molar-refractivity contribution in [1.29, 1.82) is 0 Å². The fourth-order valence-electron chi connectivity index (χ4n) is 2.94. The van der Waals surface area contributed by atoms with Crippen molar-refractivity contribution in [3.8, 4) is 11.3 Å². The van der Waals surface area contributed by atoms with E-state index in [0.29, 0.717) is 17.0 Å². The molecule has 0 saturated carbocycles. The third kappa shape index (κ3) is 3.33. The first-order chi connectivity index (χ1) is 13.5. The van der Waals surface area contributed by atoms with Crippen LogP contribution in [0.25, 0.3) is 22.2 Å². The number of anilines is 1. The lowest BCUT2D eigenvalue weighted by Crippen LogP contribution is -2.11. The number of pyridine rings is 1. The number of rotatable bonds is 4. The Morgan fingerprint density at radius 3 is 2.71 bits per heavy atom. The topological polar surface area (TPSA) is 98.3 Å². The molecule has 1 amide bonds. The summed E-state index contributed by atoms with van der Waals surface area (Å²) in [4.78, 5) is 27.5. The Bertz CT molecular complexity index is 1210. The van der Waals surface area contributed by atoms with Gasteiger partial charge in [0.15, 0.2) is 5.76 Å². The van der Waals surface area contributed by atoms with Gasteiger partial charge in [-0.15, -0.1) is 0 Å². The standard InChI is InChI=1S/C21H15N3O4/c1-13-8-9-16-17(22-13)6-3-7-18(16)23-21(25)20-11-10-19(28-20)14-4-2-5-15(12-14)24(26)27/h2-12H,1H3,(H,23,25). The number of aryl methyl sites for hydroxylation is 1. The van der Waals surface area contributed by atoms with Crippen LogP contribution in [0.2, 0.25) is 0 Å². The second-order valence-corrected chi connectivity index (χ2v) is 6.25. The van der Waals surface area contributed by atoms with Gasteiger partial charge in [0.2, 0.25) is 0 Å². The van der Waals surface area contributed by atoms with E-state index in [1.807, 2.05) is 31.2 Å². The largest absolute Gasteiger partial charge is 0.451 e. The molecule has 0 radical (unpaired) electrons. The highest BCUT2D eigenvalue weighted by Crippen LogP contribution is 2.27. The van der Waals surface area contributed by atoms with Gasteiger partial charge < -0.3 is 9.73 Å². The maximum Gasteiger partial charge on any atom is 0.291 e. The minimum atomic E-state index is -0.476. The predicted octanol–water partition coefficient (Wildman–Crippen LogP) is 4.96. The maximum atomic E-state index is 12.6. The summed E-state index contributed by atoms with van der Waals surface area (Å²) in [5.74, 6) is 0.0763. The number of amides is 1. The van der Waals surface area contributed by atoms with Crippen LogP contribution >= 0.6 is 0 Å². The molecule has 4 rings (SSSR count). The Labute approximate surface area is 159 Å². The monoisotopic (exact) mass is 373 g/mol. The number of benzene rings is 2. The molecule has 138 valence electrons. The summed E-state index contributed by atoms with van der Waals surface area (Å²) in [6.07, 6.45) is 0. The van der Waals surface area contributed by atoms with Gasteiger partial charge in [0.1, 0.15) is 5.76 Å². The number of carbonyl (C=O) groups is 1. The summed E-state index contributed by atoms with van der Waals surface area (Å²) in [5.41, 5.74) is 2.79. The zero-order valence-corrected chi connectivity index (χ0v) is 14.9. The van der Waals surface area contributed by atoms with Gasteiger partial charge in [-0.05, 0) is 43.3 Å². The summed E-state index contributed by atoms with van der Waals surface area (Å²) in [6, 6.07) is 18.5. The van der Waals surface area contributed by atoms with Crippen molar-refractivity contribution in [3.63, 3.8) is 0 Å². The van der Waals surface area contributed by atoms with Crippen LogP contribution in [0.3, 0.4) is 0 Å². The lowest BCUT2D eigenvalue weighted by molar-refractivity contribution is -0.384. The number of nitro benzene ring substituents is 1. The number of fused-ring (bicyclic) bond motifs is 1. The van der Waals surface area contributed by atoms with Gasteiger partial charge in [0.05, 0.1) is 16.1 Å². The molecule has 0 bridgehead atoms. The highest BCUT2D eigenvalue weighted by molar-refractivity contribution is 6.07. The van der Waals surface area contributed by atoms with Crippen LogP contribution in [0.4, 0.5) is 11.4 Å². The van der Waals surface area contributed by atoms with Crippen molar-refractivity contribution in [2.45, 2.75) is 6.92 Å². The van der Waals surface area contributed by atoms with E-state index in [0.717, 1.165) is 16.6 Å². The molecular formula is C21H15N3O4. The van der Waals surface area contributed by atoms with Gasteiger partial charge in [0.25, 0.3) is 11.6 Å². The van der Waals surface area contributed by atoms with E-state index in [4.69, 9.17) is 4.42 Å². The van der Waals surface area contributed by atoms with Crippen molar-refractivity contribution in [2.24, 2.45) is 0 Å². The van der Waals surface area contributed by atoms with Gasteiger partial charge in [-0.2, -0.15) is 0 Å². The number of hydrogen-bond donors (Lipinski definition) is 1. The third-order valence-corrected chi connectivity index (χ3v) is 4.29. The summed E-state index contributed by atoms with van der Waals surface area (Å²) < 4.78 is 5.62. The Morgan fingerprint density at radius 1 is 1.07 bits per heavy atom. The molecule has 0 unspecified atom stereocenters. The maximum absolute atomic E-state index is 12.6. The molecule has 7 nitrogen and oxygen atoms in total. The van der Waals surface area contributed by atoms with Crippen molar-refractivity contribution >= 4 is 28.2 Å². The zero-order chi connectivity index (χ0) is 19.7. The molecule has 0 aliphatic carbocycles. The van der Waals surface area contributed by atoms with Crippen molar-refractivity contribution < 1.29 is 14.1 Å². The Balaban J connectivity index is 1.61. The third-order valence-electron chi connectivity index (χ3n) is 4.29. The lowest BCUT2D eigenvalue weighted by Gasteiger charge is -2.07. The van der Waals surface area contributed by atoms with E-state index >= 15 is 0 Å². The number of nitrogens with zero attached hydrogens (tertiary/aromatic N) is 2. The van der Waals surface area contributed by atoms with Crippen molar-refractivity contribution in [2.75, 3.05) is 5.32 Å². The molecule has 2 aromatic carbocycles. The molecule has 2 heterocycles. The summed E-state index contributed by atoms with van der Waals surface area (Å²) in [7, 11) is 0. The number of carbonyl (C=O) groups excluding carboxylic acids is 1. The molecule has 1 N–H and O–H groups in total. The fourth-order valence-corrected chi connectivity index (χ4v) is 2.94. The van der Waals surface area contributed by atoms with Crippen LogP contribution in [-0.2, 0) is 0 Å². The van der Waals surface area contributed by atoms with Crippen LogP contribution in [0.1, 0.15) is 16.2 Å². The number of hydrogen-bond acceptors (Lipinski definition) is 5. The molecule has 28 heavy (non-hydrogen) atoms. The van der Waals surface area contributed by atoms with E-state index in [1.54, 1.807) is 24.3 Å². The summed E-state index contributed by atoms with van der Waals surface area (Å²) in [6.45, 7) is 1.91. The normalized spacial score (nSPS) is 10.8. The van der Waals surface area contributed by atoms with Crippen molar-refractivity contribution in [3.05, 3.63) is 88.3 Å². The average molecular weight is 373 g/mol. The SMILES string of the molecule is Cc1ccc2c(NC(=O)c3ccc(-c4cccc([N+](=O)[O-])c4)o3)cccc2n1. The first-order valence-corrected chi connectivity index (χ1v) is 8.54. The van der Waals surface area contributed by atoms with Gasteiger partial charge >= 0.3 is 0 Å². The Morgan fingerprint density at radius 2 is 1.89 bits per heavy atom. The number of furan rings is 1. The second kappa shape index (κ2) is 6.96. The molecule has 7 heteroatoms. The van der Waals surface area contributed by atoms with Crippen LogP contribution in [-0.4, -0.2) is 15.8 Å². The van der Waals surface area contributed by atoms with Crippen LogP contribution in [0.5, 0.6) is 0 Å². The predicted molar refractivity (Wildman–Crippen MR) is 105 cm³/mol. The molecule has 4 aromatic rings. The highest BCUT2D eigenvalue weighted by Gasteiger charge is 2.15.